The van der Waals surface area contributed by atoms with E-state index in [2.05, 4.69) is 23.7 Å². The second kappa shape index (κ2) is 13.9. The molecule has 0 spiro atoms. The monoisotopic (exact) mass is 474 g/mol. The summed E-state index contributed by atoms with van der Waals surface area (Å²) in [7, 11) is 1.59. The first-order valence-electron chi connectivity index (χ1n) is 11.3. The summed E-state index contributed by atoms with van der Waals surface area (Å²) in [6, 6.07) is 33.0. The third-order valence-corrected chi connectivity index (χ3v) is 5.07. The van der Waals surface area contributed by atoms with Gasteiger partial charge in [-0.05, 0) is 59.7 Å². The molecule has 0 radical (unpaired) electrons. The van der Waals surface area contributed by atoms with Gasteiger partial charge < -0.3 is 14.9 Å². The van der Waals surface area contributed by atoms with E-state index >= 15 is 0 Å². The Morgan fingerprint density at radius 2 is 1.06 bits per heavy atom. The Morgan fingerprint density at radius 1 is 0.639 bits per heavy atom. The van der Waals surface area contributed by atoms with Crippen LogP contribution in [0.25, 0.3) is 0 Å². The third kappa shape index (κ3) is 8.31. The van der Waals surface area contributed by atoms with E-state index in [9.17, 15) is 15.0 Å². The first kappa shape index (κ1) is 26.0. The SMILES string of the molecule is COc1ccc(C=O)cc1.OC(C#Cc1ccccc1)c1ccc(C(O)C#Cc2ccccc2)cc1. The van der Waals surface area contributed by atoms with E-state index in [1.807, 2.05) is 60.7 Å². The molecule has 4 nitrogen and oxygen atoms in total. The van der Waals surface area contributed by atoms with E-state index in [0.29, 0.717) is 16.7 Å². The maximum Gasteiger partial charge on any atom is 0.150 e. The van der Waals surface area contributed by atoms with E-state index in [1.165, 1.54) is 0 Å². The van der Waals surface area contributed by atoms with Crippen LogP contribution in [0, 0.1) is 23.7 Å². The Kier molecular flexibility index (Phi) is 10.1. The highest BCUT2D eigenvalue weighted by Crippen LogP contribution is 2.18. The number of rotatable bonds is 4. The Morgan fingerprint density at radius 3 is 1.42 bits per heavy atom. The molecule has 0 bridgehead atoms. The van der Waals surface area contributed by atoms with Crippen LogP contribution in [0.1, 0.15) is 44.8 Å². The standard InChI is InChI=1S/C24H18O2.C8H8O2/c25-23(17-11-19-7-3-1-4-8-19)21-13-15-22(16-14-21)24(26)18-12-20-9-5-2-6-10-20;1-10-8-4-2-7(6-9)3-5-8/h1-10,13-16,23-26H;2-6H,1H3. The van der Waals surface area contributed by atoms with Crippen molar-refractivity contribution in [3.63, 3.8) is 0 Å². The minimum absolute atomic E-state index is 0.667. The summed E-state index contributed by atoms with van der Waals surface area (Å²) in [5.41, 5.74) is 3.74. The molecule has 0 saturated carbocycles. The highest BCUT2D eigenvalue weighted by molar-refractivity contribution is 5.74. The van der Waals surface area contributed by atoms with Gasteiger partial charge in [-0.1, -0.05) is 84.3 Å². The van der Waals surface area contributed by atoms with Crippen LogP contribution in [0.5, 0.6) is 5.75 Å². The summed E-state index contributed by atoms with van der Waals surface area (Å²) in [5.74, 6) is 12.3. The Labute approximate surface area is 211 Å². The number of hydrogen-bond acceptors (Lipinski definition) is 4. The van der Waals surface area contributed by atoms with E-state index in [4.69, 9.17) is 4.74 Å². The van der Waals surface area contributed by atoms with E-state index in [0.717, 1.165) is 23.2 Å². The highest BCUT2D eigenvalue weighted by Gasteiger charge is 2.07. The highest BCUT2D eigenvalue weighted by atomic mass is 16.5. The topological polar surface area (TPSA) is 66.8 Å². The third-order valence-electron chi connectivity index (χ3n) is 5.07. The molecular weight excluding hydrogens is 448 g/mol. The van der Waals surface area contributed by atoms with Gasteiger partial charge in [0.05, 0.1) is 7.11 Å². The molecule has 2 unspecified atom stereocenters. The zero-order valence-electron chi connectivity index (χ0n) is 19.8. The summed E-state index contributed by atoms with van der Waals surface area (Å²) in [6.45, 7) is 0. The number of carbonyl (C=O) groups is 1. The summed E-state index contributed by atoms with van der Waals surface area (Å²) in [6.07, 6.45) is -0.951. The van der Waals surface area contributed by atoms with Crippen molar-refractivity contribution in [3.8, 4) is 29.4 Å². The predicted octanol–water partition coefficient (Wildman–Crippen LogP) is 5.36. The molecule has 4 aromatic rings. The van der Waals surface area contributed by atoms with Crippen molar-refractivity contribution < 1.29 is 19.7 Å². The smallest absolute Gasteiger partial charge is 0.150 e. The van der Waals surface area contributed by atoms with Crippen LogP contribution in [0.15, 0.2) is 109 Å². The molecule has 0 saturated heterocycles. The molecule has 36 heavy (non-hydrogen) atoms. The van der Waals surface area contributed by atoms with Crippen molar-refractivity contribution >= 4 is 6.29 Å². The number of ether oxygens (including phenoxy) is 1. The zero-order chi connectivity index (χ0) is 25.6. The first-order chi connectivity index (χ1) is 17.6. The van der Waals surface area contributed by atoms with Gasteiger partial charge in [-0.3, -0.25) is 4.79 Å². The van der Waals surface area contributed by atoms with Crippen molar-refractivity contribution in [2.75, 3.05) is 7.11 Å². The maximum atomic E-state index is 10.2. The van der Waals surface area contributed by atoms with Gasteiger partial charge in [0.25, 0.3) is 0 Å². The average Bonchev–Trinajstić information content (AvgIpc) is 2.96. The minimum atomic E-state index is -0.878. The maximum absolute atomic E-state index is 10.2. The lowest BCUT2D eigenvalue weighted by Gasteiger charge is -2.07. The molecule has 0 heterocycles. The molecule has 2 atom stereocenters. The van der Waals surface area contributed by atoms with Crippen LogP contribution in [-0.4, -0.2) is 23.6 Å². The van der Waals surface area contributed by atoms with E-state index in [-0.39, 0.29) is 0 Å². The Balaban J connectivity index is 0.000000303. The van der Waals surface area contributed by atoms with Crippen LogP contribution in [0.2, 0.25) is 0 Å². The molecule has 0 aliphatic carbocycles. The summed E-state index contributed by atoms with van der Waals surface area (Å²) in [4.78, 5) is 10.2. The van der Waals surface area contributed by atoms with Crippen molar-refractivity contribution in [1.82, 2.24) is 0 Å². The van der Waals surface area contributed by atoms with Crippen LogP contribution in [-0.2, 0) is 0 Å². The van der Waals surface area contributed by atoms with Crippen LogP contribution in [0.3, 0.4) is 0 Å². The first-order valence-corrected chi connectivity index (χ1v) is 11.3. The Hall–Kier alpha value is -4.61. The molecule has 0 aliphatic rings. The molecule has 4 aromatic carbocycles. The lowest BCUT2D eigenvalue weighted by molar-refractivity contribution is 0.112. The molecule has 4 rings (SSSR count). The molecule has 4 heteroatoms. The molecule has 0 aliphatic heterocycles. The number of hydrogen-bond donors (Lipinski definition) is 2. The fourth-order valence-corrected chi connectivity index (χ4v) is 3.06. The van der Waals surface area contributed by atoms with Crippen LogP contribution in [0.4, 0.5) is 0 Å². The molecule has 2 N–H and O–H groups in total. The summed E-state index contributed by atoms with van der Waals surface area (Å²) >= 11 is 0. The quantitative estimate of drug-likeness (QED) is 0.309. The number of aliphatic hydroxyl groups is 2. The molecule has 0 fully saturated rings. The zero-order valence-corrected chi connectivity index (χ0v) is 19.8. The van der Waals surface area contributed by atoms with Crippen LogP contribution >= 0.6 is 0 Å². The van der Waals surface area contributed by atoms with Crippen molar-refractivity contribution in [3.05, 3.63) is 137 Å². The number of benzene rings is 4. The second-order valence-corrected chi connectivity index (χ2v) is 7.63. The summed E-state index contributed by atoms with van der Waals surface area (Å²) < 4.78 is 4.90. The summed E-state index contributed by atoms with van der Waals surface area (Å²) in [5, 5.41) is 20.4. The predicted molar refractivity (Wildman–Crippen MR) is 141 cm³/mol. The Bertz CT molecular complexity index is 1260. The van der Waals surface area contributed by atoms with Crippen molar-refractivity contribution in [2.24, 2.45) is 0 Å². The van der Waals surface area contributed by atoms with Crippen molar-refractivity contribution in [2.45, 2.75) is 12.2 Å². The van der Waals surface area contributed by atoms with Gasteiger partial charge in [-0.25, -0.2) is 0 Å². The lowest BCUT2D eigenvalue weighted by Crippen LogP contribution is -1.97. The van der Waals surface area contributed by atoms with Gasteiger partial charge in [0.1, 0.15) is 24.2 Å². The number of aliphatic hydroxyl groups excluding tert-OH is 2. The molecule has 0 amide bonds. The van der Waals surface area contributed by atoms with Gasteiger partial charge in [0, 0.05) is 16.7 Å². The van der Waals surface area contributed by atoms with Gasteiger partial charge >= 0.3 is 0 Å². The fraction of sp³-hybridized carbons (Fsp3) is 0.0938. The molecular formula is C32H26O4. The van der Waals surface area contributed by atoms with Crippen molar-refractivity contribution in [1.29, 1.82) is 0 Å². The van der Waals surface area contributed by atoms with Gasteiger partial charge in [0.15, 0.2) is 0 Å². The minimum Gasteiger partial charge on any atom is -0.497 e. The normalized spacial score (nSPS) is 11.2. The van der Waals surface area contributed by atoms with E-state index in [1.54, 1.807) is 55.6 Å². The molecule has 178 valence electrons. The average molecular weight is 475 g/mol. The van der Waals surface area contributed by atoms with E-state index < -0.39 is 12.2 Å². The second-order valence-electron chi connectivity index (χ2n) is 7.63. The number of carbonyl (C=O) groups excluding carboxylic acids is 1. The molecule has 0 aromatic heterocycles. The largest absolute Gasteiger partial charge is 0.497 e. The van der Waals surface area contributed by atoms with Crippen LogP contribution < -0.4 is 4.74 Å². The lowest BCUT2D eigenvalue weighted by atomic mass is 10.0. The van der Waals surface area contributed by atoms with Gasteiger partial charge in [-0.15, -0.1) is 0 Å². The van der Waals surface area contributed by atoms with Gasteiger partial charge in [0.2, 0.25) is 0 Å². The fourth-order valence-electron chi connectivity index (χ4n) is 3.06. The van der Waals surface area contributed by atoms with Gasteiger partial charge in [-0.2, -0.15) is 0 Å². The number of aldehydes is 1. The number of methoxy groups -OCH3 is 1.